The van der Waals surface area contributed by atoms with Crippen LogP contribution in [0.2, 0.25) is 0 Å². The number of thiol groups is 1. The van der Waals surface area contributed by atoms with Crippen LogP contribution in [0.5, 0.6) is 0 Å². The SMILES string of the molecule is Cc1ccc(S)cc1C(=O)N(CCC#N)CC(C)C. The van der Waals surface area contributed by atoms with E-state index >= 15 is 0 Å². The number of hydrogen-bond donors (Lipinski definition) is 1. The summed E-state index contributed by atoms with van der Waals surface area (Å²) in [5, 5.41) is 8.70. The minimum absolute atomic E-state index is 0.0163. The number of nitrogens with zero attached hydrogens (tertiary/aromatic N) is 2. The second-order valence-corrected chi connectivity index (χ2v) is 5.57. The molecule has 0 unspecified atom stereocenters. The molecule has 0 aliphatic rings. The lowest BCUT2D eigenvalue weighted by molar-refractivity contribution is 0.0739. The van der Waals surface area contributed by atoms with Crippen molar-refractivity contribution in [3.63, 3.8) is 0 Å². The Morgan fingerprint density at radius 1 is 1.47 bits per heavy atom. The highest BCUT2D eigenvalue weighted by Gasteiger charge is 2.18. The molecule has 0 aromatic heterocycles. The summed E-state index contributed by atoms with van der Waals surface area (Å²) < 4.78 is 0. The van der Waals surface area contributed by atoms with Gasteiger partial charge in [-0.2, -0.15) is 5.26 Å². The molecule has 0 atom stereocenters. The summed E-state index contributed by atoms with van der Waals surface area (Å²) in [5.41, 5.74) is 1.61. The number of benzene rings is 1. The van der Waals surface area contributed by atoms with Crippen LogP contribution in [0.25, 0.3) is 0 Å². The molecule has 0 bridgehead atoms. The second-order valence-electron chi connectivity index (χ2n) is 5.05. The van der Waals surface area contributed by atoms with Gasteiger partial charge in [-0.1, -0.05) is 19.9 Å². The minimum Gasteiger partial charge on any atom is -0.337 e. The van der Waals surface area contributed by atoms with E-state index in [4.69, 9.17) is 5.26 Å². The van der Waals surface area contributed by atoms with Crippen LogP contribution in [-0.4, -0.2) is 23.9 Å². The number of hydrogen-bond acceptors (Lipinski definition) is 3. The molecule has 0 fully saturated rings. The van der Waals surface area contributed by atoms with Crippen LogP contribution >= 0.6 is 12.6 Å². The number of carbonyl (C=O) groups excluding carboxylic acids is 1. The third kappa shape index (κ3) is 4.60. The van der Waals surface area contributed by atoms with Crippen molar-refractivity contribution in [1.82, 2.24) is 4.90 Å². The molecule has 0 spiro atoms. The highest BCUT2D eigenvalue weighted by Crippen LogP contribution is 2.17. The van der Waals surface area contributed by atoms with Crippen molar-refractivity contribution in [2.45, 2.75) is 32.1 Å². The van der Waals surface area contributed by atoms with Gasteiger partial charge in [0.2, 0.25) is 0 Å². The molecule has 1 aromatic carbocycles. The molecule has 0 N–H and O–H groups in total. The zero-order valence-corrected chi connectivity index (χ0v) is 12.6. The van der Waals surface area contributed by atoms with Gasteiger partial charge in [0.25, 0.3) is 5.91 Å². The van der Waals surface area contributed by atoms with Gasteiger partial charge in [0.1, 0.15) is 0 Å². The Hall–Kier alpha value is -1.47. The zero-order valence-electron chi connectivity index (χ0n) is 11.7. The van der Waals surface area contributed by atoms with E-state index in [2.05, 4.69) is 32.5 Å². The van der Waals surface area contributed by atoms with Crippen LogP contribution in [0.3, 0.4) is 0 Å². The van der Waals surface area contributed by atoms with Crippen molar-refractivity contribution in [1.29, 1.82) is 5.26 Å². The first kappa shape index (κ1) is 15.6. The number of nitriles is 1. The topological polar surface area (TPSA) is 44.1 Å². The normalized spacial score (nSPS) is 10.3. The molecule has 3 nitrogen and oxygen atoms in total. The van der Waals surface area contributed by atoms with Gasteiger partial charge in [-0.3, -0.25) is 4.79 Å². The van der Waals surface area contributed by atoms with Gasteiger partial charge >= 0.3 is 0 Å². The summed E-state index contributed by atoms with van der Waals surface area (Å²) in [6, 6.07) is 7.66. The summed E-state index contributed by atoms with van der Waals surface area (Å²) in [6.45, 7) is 7.18. The molecule has 1 rings (SSSR count). The van der Waals surface area contributed by atoms with Gasteiger partial charge in [-0.05, 0) is 30.5 Å². The Bertz CT molecular complexity index is 491. The Morgan fingerprint density at radius 3 is 2.74 bits per heavy atom. The summed E-state index contributed by atoms with van der Waals surface area (Å²) in [5.74, 6) is 0.361. The van der Waals surface area contributed by atoms with Gasteiger partial charge in [0.15, 0.2) is 0 Å². The molecule has 0 saturated carbocycles. The fourth-order valence-electron chi connectivity index (χ4n) is 1.91. The van der Waals surface area contributed by atoms with E-state index in [1.165, 1.54) is 0 Å². The third-order valence-corrected chi connectivity index (χ3v) is 3.10. The van der Waals surface area contributed by atoms with Crippen LogP contribution < -0.4 is 0 Å². The van der Waals surface area contributed by atoms with Gasteiger partial charge in [-0.15, -0.1) is 12.6 Å². The monoisotopic (exact) mass is 276 g/mol. The highest BCUT2D eigenvalue weighted by molar-refractivity contribution is 7.80. The first-order valence-electron chi connectivity index (χ1n) is 6.41. The molecule has 0 aliphatic carbocycles. The number of aryl methyl sites for hydroxylation is 1. The first-order chi connectivity index (χ1) is 8.95. The van der Waals surface area contributed by atoms with Gasteiger partial charge in [-0.25, -0.2) is 0 Å². The van der Waals surface area contributed by atoms with Gasteiger partial charge < -0.3 is 4.90 Å². The van der Waals surface area contributed by atoms with Crippen LogP contribution in [0.1, 0.15) is 36.2 Å². The Labute approximate surface area is 120 Å². The smallest absolute Gasteiger partial charge is 0.254 e. The van der Waals surface area contributed by atoms with Crippen LogP contribution in [0.15, 0.2) is 23.1 Å². The number of carbonyl (C=O) groups is 1. The molecule has 0 heterocycles. The summed E-state index contributed by atoms with van der Waals surface area (Å²) in [7, 11) is 0. The lowest BCUT2D eigenvalue weighted by Gasteiger charge is -2.24. The van der Waals surface area contributed by atoms with E-state index < -0.39 is 0 Å². The first-order valence-corrected chi connectivity index (χ1v) is 6.86. The molecule has 1 amide bonds. The highest BCUT2D eigenvalue weighted by atomic mass is 32.1. The third-order valence-electron chi connectivity index (χ3n) is 2.82. The second kappa shape index (κ2) is 7.20. The molecule has 19 heavy (non-hydrogen) atoms. The minimum atomic E-state index is -0.0163. The molecule has 0 radical (unpaired) electrons. The van der Waals surface area contributed by atoms with E-state index in [1.807, 2.05) is 19.1 Å². The predicted octanol–water partition coefficient (Wildman–Crippen LogP) is 3.30. The standard InChI is InChI=1S/C15H20N2OS/c1-11(2)10-17(8-4-7-16)15(18)14-9-13(19)6-5-12(14)3/h5-6,9,11,19H,4,8,10H2,1-3H3. The molecule has 4 heteroatoms. The average Bonchev–Trinajstić information content (AvgIpc) is 2.36. The van der Waals surface area contributed by atoms with E-state index in [1.54, 1.807) is 11.0 Å². The maximum absolute atomic E-state index is 12.5. The van der Waals surface area contributed by atoms with E-state index in [9.17, 15) is 4.79 Å². The van der Waals surface area contributed by atoms with Gasteiger partial charge in [0, 0.05) is 23.5 Å². The molecule has 0 saturated heterocycles. The van der Waals surface area contributed by atoms with E-state index in [-0.39, 0.29) is 5.91 Å². The van der Waals surface area contributed by atoms with Crippen LogP contribution in [0, 0.1) is 24.2 Å². The molecular formula is C15H20N2OS. The summed E-state index contributed by atoms with van der Waals surface area (Å²) in [4.78, 5) is 15.1. The Kier molecular flexibility index (Phi) is 5.91. The lowest BCUT2D eigenvalue weighted by Crippen LogP contribution is -2.35. The maximum atomic E-state index is 12.5. The molecule has 0 aliphatic heterocycles. The maximum Gasteiger partial charge on any atom is 0.254 e. The summed E-state index contributed by atoms with van der Waals surface area (Å²) in [6.07, 6.45) is 0.359. The predicted molar refractivity (Wildman–Crippen MR) is 79.4 cm³/mol. The fraction of sp³-hybridized carbons (Fsp3) is 0.467. The van der Waals surface area contributed by atoms with Crippen LogP contribution in [0.4, 0.5) is 0 Å². The molecular weight excluding hydrogens is 256 g/mol. The van der Waals surface area contributed by atoms with Crippen molar-refractivity contribution in [3.8, 4) is 6.07 Å². The number of amides is 1. The Morgan fingerprint density at radius 2 is 2.16 bits per heavy atom. The lowest BCUT2D eigenvalue weighted by atomic mass is 10.1. The van der Waals surface area contributed by atoms with Crippen molar-refractivity contribution in [2.24, 2.45) is 5.92 Å². The molecule has 102 valence electrons. The van der Waals surface area contributed by atoms with Crippen LogP contribution in [-0.2, 0) is 0 Å². The quantitative estimate of drug-likeness (QED) is 0.839. The van der Waals surface area contributed by atoms with E-state index in [0.717, 1.165) is 10.5 Å². The Balaban J connectivity index is 2.97. The van der Waals surface area contributed by atoms with Crippen molar-refractivity contribution < 1.29 is 4.79 Å². The van der Waals surface area contributed by atoms with Crippen molar-refractivity contribution in [3.05, 3.63) is 29.3 Å². The van der Waals surface area contributed by atoms with Crippen molar-refractivity contribution in [2.75, 3.05) is 13.1 Å². The summed E-state index contributed by atoms with van der Waals surface area (Å²) >= 11 is 4.28. The average molecular weight is 276 g/mol. The zero-order chi connectivity index (χ0) is 14.4. The molecule has 1 aromatic rings. The van der Waals surface area contributed by atoms with Gasteiger partial charge in [0.05, 0.1) is 12.5 Å². The van der Waals surface area contributed by atoms with Crippen molar-refractivity contribution >= 4 is 18.5 Å². The largest absolute Gasteiger partial charge is 0.337 e. The fourth-order valence-corrected chi connectivity index (χ4v) is 2.12. The van der Waals surface area contributed by atoms with E-state index in [0.29, 0.717) is 31.0 Å². The number of rotatable bonds is 5.